The number of hydrogen-bond donors (Lipinski definition) is 0. The van der Waals surface area contributed by atoms with Crippen molar-refractivity contribution in [1.29, 1.82) is 0 Å². The van der Waals surface area contributed by atoms with Crippen molar-refractivity contribution in [2.24, 2.45) is 5.41 Å². The summed E-state index contributed by atoms with van der Waals surface area (Å²) >= 11 is 0. The Morgan fingerprint density at radius 3 is 2.46 bits per heavy atom. The first-order valence-corrected chi connectivity index (χ1v) is 9.72. The van der Waals surface area contributed by atoms with Crippen molar-refractivity contribution in [3.05, 3.63) is 35.9 Å². The van der Waals surface area contributed by atoms with E-state index in [0.717, 1.165) is 45.6 Å². The highest BCUT2D eigenvalue weighted by Crippen LogP contribution is 2.23. The van der Waals surface area contributed by atoms with Crippen LogP contribution in [0, 0.1) is 5.41 Å². The van der Waals surface area contributed by atoms with Crippen LogP contribution >= 0.6 is 0 Å². The normalized spacial score (nSPS) is 22.6. The molecule has 2 aliphatic heterocycles. The first-order chi connectivity index (χ1) is 12.4. The third-order valence-electron chi connectivity index (χ3n) is 5.39. The summed E-state index contributed by atoms with van der Waals surface area (Å²) in [5.74, 6) is 0.451. The van der Waals surface area contributed by atoms with Crippen molar-refractivity contribution >= 4 is 11.8 Å². The van der Waals surface area contributed by atoms with Gasteiger partial charge >= 0.3 is 0 Å². The number of likely N-dealkylation sites (tertiary alicyclic amines) is 1. The molecule has 2 amide bonds. The first kappa shape index (κ1) is 18.9. The molecule has 3 rings (SSSR count). The van der Waals surface area contributed by atoms with Crippen LogP contribution in [-0.2, 0) is 16.1 Å². The van der Waals surface area contributed by atoms with E-state index in [9.17, 15) is 9.59 Å². The second kappa shape index (κ2) is 7.78. The first-order valence-electron chi connectivity index (χ1n) is 9.72. The number of nitrogens with zero attached hydrogens (tertiary/aromatic N) is 3. The lowest BCUT2D eigenvalue weighted by Gasteiger charge is -2.29. The van der Waals surface area contributed by atoms with E-state index in [4.69, 9.17) is 0 Å². The monoisotopic (exact) mass is 357 g/mol. The molecule has 0 aliphatic carbocycles. The van der Waals surface area contributed by atoms with Crippen LogP contribution < -0.4 is 0 Å². The molecular weight excluding hydrogens is 326 g/mol. The molecule has 2 heterocycles. The lowest BCUT2D eigenvalue weighted by Crippen LogP contribution is -2.45. The highest BCUT2D eigenvalue weighted by atomic mass is 16.2. The Hall–Kier alpha value is -1.88. The zero-order valence-electron chi connectivity index (χ0n) is 16.3. The number of hydrogen-bond acceptors (Lipinski definition) is 3. The van der Waals surface area contributed by atoms with Gasteiger partial charge in [0.05, 0.1) is 6.04 Å². The SMILES string of the molecule is CC(C)(C)C(=O)N1CCCN([C@@H]2CCN(Cc3ccccc3)C2=O)CC1. The minimum Gasteiger partial charge on any atom is -0.341 e. The van der Waals surface area contributed by atoms with Crippen LogP contribution in [0.3, 0.4) is 0 Å². The maximum absolute atomic E-state index is 12.9. The molecule has 0 unspecified atom stereocenters. The number of benzene rings is 1. The molecule has 0 spiro atoms. The summed E-state index contributed by atoms with van der Waals surface area (Å²) in [5, 5.41) is 0. The molecule has 26 heavy (non-hydrogen) atoms. The Morgan fingerprint density at radius 1 is 1.04 bits per heavy atom. The molecule has 0 radical (unpaired) electrons. The zero-order chi connectivity index (χ0) is 18.7. The van der Waals surface area contributed by atoms with Crippen LogP contribution in [0.5, 0.6) is 0 Å². The van der Waals surface area contributed by atoms with Gasteiger partial charge in [-0.3, -0.25) is 14.5 Å². The fraction of sp³-hybridized carbons (Fsp3) is 0.619. The van der Waals surface area contributed by atoms with Crippen LogP contribution in [-0.4, -0.2) is 65.3 Å². The van der Waals surface area contributed by atoms with Crippen LogP contribution in [0.15, 0.2) is 30.3 Å². The maximum atomic E-state index is 12.9. The van der Waals surface area contributed by atoms with Crippen molar-refractivity contribution in [1.82, 2.24) is 14.7 Å². The van der Waals surface area contributed by atoms with Crippen LogP contribution in [0.2, 0.25) is 0 Å². The molecular formula is C21H31N3O2. The molecule has 142 valence electrons. The summed E-state index contributed by atoms with van der Waals surface area (Å²) in [4.78, 5) is 31.7. The number of carbonyl (C=O) groups is 2. The van der Waals surface area contributed by atoms with Gasteiger partial charge in [0.15, 0.2) is 0 Å². The Labute approximate surface area is 156 Å². The van der Waals surface area contributed by atoms with E-state index >= 15 is 0 Å². The van der Waals surface area contributed by atoms with Gasteiger partial charge in [-0.15, -0.1) is 0 Å². The summed E-state index contributed by atoms with van der Waals surface area (Å²) in [7, 11) is 0. The van der Waals surface area contributed by atoms with Crippen LogP contribution in [0.4, 0.5) is 0 Å². The highest BCUT2D eigenvalue weighted by Gasteiger charge is 2.37. The summed E-state index contributed by atoms with van der Waals surface area (Å²) in [6.45, 7) is 10.6. The van der Waals surface area contributed by atoms with Crippen LogP contribution in [0.25, 0.3) is 0 Å². The lowest BCUT2D eigenvalue weighted by molar-refractivity contribution is -0.139. The van der Waals surface area contributed by atoms with E-state index < -0.39 is 0 Å². The smallest absolute Gasteiger partial charge is 0.240 e. The molecule has 0 N–H and O–H groups in total. The molecule has 0 saturated carbocycles. The van der Waals surface area contributed by atoms with Gasteiger partial charge in [-0.05, 0) is 18.4 Å². The Kier molecular flexibility index (Phi) is 5.66. The highest BCUT2D eigenvalue weighted by molar-refractivity contribution is 5.84. The number of rotatable bonds is 3. The van der Waals surface area contributed by atoms with Crippen molar-refractivity contribution in [3.8, 4) is 0 Å². The summed E-state index contributed by atoms with van der Waals surface area (Å²) in [6, 6.07) is 10.2. The zero-order valence-corrected chi connectivity index (χ0v) is 16.3. The van der Waals surface area contributed by atoms with Crippen molar-refractivity contribution in [2.75, 3.05) is 32.7 Å². The van der Waals surface area contributed by atoms with Gasteiger partial charge < -0.3 is 9.80 Å². The van der Waals surface area contributed by atoms with Gasteiger partial charge in [-0.2, -0.15) is 0 Å². The predicted molar refractivity (Wildman–Crippen MR) is 102 cm³/mol. The fourth-order valence-corrected chi connectivity index (χ4v) is 3.95. The number of carbonyl (C=O) groups excluding carboxylic acids is 2. The van der Waals surface area contributed by atoms with E-state index in [1.807, 2.05) is 48.8 Å². The van der Waals surface area contributed by atoms with Gasteiger partial charge in [0, 0.05) is 44.7 Å². The molecule has 2 saturated heterocycles. The molecule has 2 aliphatic rings. The molecule has 1 aromatic rings. The average Bonchev–Trinajstić information content (AvgIpc) is 2.83. The van der Waals surface area contributed by atoms with Gasteiger partial charge in [-0.1, -0.05) is 51.1 Å². The Bertz CT molecular complexity index is 638. The summed E-state index contributed by atoms with van der Waals surface area (Å²) < 4.78 is 0. The van der Waals surface area contributed by atoms with Gasteiger partial charge in [0.2, 0.25) is 11.8 Å². The third-order valence-corrected chi connectivity index (χ3v) is 5.39. The Morgan fingerprint density at radius 2 is 1.77 bits per heavy atom. The summed E-state index contributed by atoms with van der Waals surface area (Å²) in [6.07, 6.45) is 1.82. The van der Waals surface area contributed by atoms with Gasteiger partial charge in [0.25, 0.3) is 0 Å². The minimum atomic E-state index is -0.342. The Balaban J connectivity index is 1.58. The topological polar surface area (TPSA) is 43.9 Å². The van der Waals surface area contributed by atoms with E-state index in [1.165, 1.54) is 5.56 Å². The molecule has 0 aromatic heterocycles. The molecule has 2 fully saturated rings. The largest absolute Gasteiger partial charge is 0.341 e. The van der Waals surface area contributed by atoms with Gasteiger partial charge in [-0.25, -0.2) is 0 Å². The van der Waals surface area contributed by atoms with E-state index in [2.05, 4.69) is 17.0 Å². The molecule has 1 atom stereocenters. The average molecular weight is 357 g/mol. The van der Waals surface area contributed by atoms with E-state index in [0.29, 0.717) is 6.54 Å². The van der Waals surface area contributed by atoms with Crippen molar-refractivity contribution in [3.63, 3.8) is 0 Å². The summed E-state index contributed by atoms with van der Waals surface area (Å²) in [5.41, 5.74) is 0.837. The molecule has 0 bridgehead atoms. The van der Waals surface area contributed by atoms with E-state index in [-0.39, 0.29) is 23.3 Å². The lowest BCUT2D eigenvalue weighted by atomic mass is 9.94. The predicted octanol–water partition coefficient (Wildman–Crippen LogP) is 2.37. The maximum Gasteiger partial charge on any atom is 0.240 e. The molecule has 1 aromatic carbocycles. The standard InChI is InChI=1S/C21H31N3O2/c1-21(2,3)20(26)23-12-7-11-22(14-15-23)18-10-13-24(19(18)25)16-17-8-5-4-6-9-17/h4-6,8-9,18H,7,10-16H2,1-3H3/t18-/m1/s1. The molecule has 5 nitrogen and oxygen atoms in total. The van der Waals surface area contributed by atoms with E-state index in [1.54, 1.807) is 0 Å². The van der Waals surface area contributed by atoms with Crippen molar-refractivity contribution < 1.29 is 9.59 Å². The van der Waals surface area contributed by atoms with Crippen LogP contribution in [0.1, 0.15) is 39.2 Å². The quantitative estimate of drug-likeness (QED) is 0.834. The second-order valence-corrected chi connectivity index (χ2v) is 8.48. The van der Waals surface area contributed by atoms with Crippen molar-refractivity contribution in [2.45, 2.75) is 46.2 Å². The van der Waals surface area contributed by atoms with Gasteiger partial charge in [0.1, 0.15) is 0 Å². The second-order valence-electron chi connectivity index (χ2n) is 8.48. The minimum absolute atomic E-state index is 0.0246. The third kappa shape index (κ3) is 4.26. The fourth-order valence-electron chi connectivity index (χ4n) is 3.95. The number of amides is 2. The molecule has 5 heteroatoms.